The number of fused-ring (bicyclic) bond motifs is 1. The number of hydrogen-bond donors (Lipinski definition) is 2. The van der Waals surface area contributed by atoms with E-state index in [4.69, 9.17) is 0 Å². The van der Waals surface area contributed by atoms with Gasteiger partial charge >= 0.3 is 0 Å². The van der Waals surface area contributed by atoms with E-state index in [0.29, 0.717) is 24.9 Å². The highest BCUT2D eigenvalue weighted by Gasteiger charge is 2.20. The Balaban J connectivity index is 0.00000364. The quantitative estimate of drug-likeness (QED) is 0.318. The number of carbonyl (C=O) groups is 1. The Kier molecular flexibility index (Phi) is 11.3. The van der Waals surface area contributed by atoms with Gasteiger partial charge in [0.2, 0.25) is 5.91 Å². The Morgan fingerprint density at radius 2 is 2.11 bits per heavy atom. The molecule has 0 fully saturated rings. The summed E-state index contributed by atoms with van der Waals surface area (Å²) in [6.45, 7) is 11.7. The molecule has 27 heavy (non-hydrogen) atoms. The average Bonchev–Trinajstić information content (AvgIpc) is 3.07. The third-order valence-electron chi connectivity index (χ3n) is 4.66. The van der Waals surface area contributed by atoms with Gasteiger partial charge in [0, 0.05) is 37.0 Å². The molecule has 5 nitrogen and oxygen atoms in total. The zero-order valence-electron chi connectivity index (χ0n) is 17.1. The highest BCUT2D eigenvalue weighted by Crippen LogP contribution is 2.24. The van der Waals surface area contributed by atoms with Crippen LogP contribution >= 0.6 is 35.3 Å². The molecule has 1 atom stereocenters. The predicted octanol–water partition coefficient (Wildman–Crippen LogP) is 4.02. The molecule has 2 heterocycles. The van der Waals surface area contributed by atoms with Crippen molar-refractivity contribution in [3.05, 3.63) is 21.9 Å². The van der Waals surface area contributed by atoms with Crippen LogP contribution in [0.4, 0.5) is 0 Å². The first-order valence-electron chi connectivity index (χ1n) is 9.87. The summed E-state index contributed by atoms with van der Waals surface area (Å²) in [5.41, 5.74) is 1.31. The Labute approximate surface area is 185 Å². The SMILES string of the molecule is CCNC(=NCCC(=O)N1CCc2sccc2C1)NC(C)CCC(C)C.I. The molecule has 0 radical (unpaired) electrons. The number of amides is 1. The standard InChI is InChI=1S/C20H34N4OS.HI/c1-5-21-20(23-16(4)7-6-15(2)3)22-11-8-19(25)24-12-9-18-17(14-24)10-13-26-18;/h10,13,15-16H,5-9,11-12,14H2,1-4H3,(H2,21,22,23);1H. The zero-order chi connectivity index (χ0) is 18.9. The van der Waals surface area contributed by atoms with Gasteiger partial charge in [-0.15, -0.1) is 35.3 Å². The van der Waals surface area contributed by atoms with E-state index in [1.165, 1.54) is 16.9 Å². The van der Waals surface area contributed by atoms with Crippen molar-refractivity contribution in [1.29, 1.82) is 0 Å². The van der Waals surface area contributed by atoms with Crippen LogP contribution in [-0.4, -0.2) is 42.4 Å². The number of thiophene rings is 1. The van der Waals surface area contributed by atoms with Gasteiger partial charge in [0.1, 0.15) is 0 Å². The molecule has 0 saturated heterocycles. The lowest BCUT2D eigenvalue weighted by Gasteiger charge is -2.27. The first kappa shape index (κ1) is 24.2. The Bertz CT molecular complexity index is 603. The average molecular weight is 506 g/mol. The summed E-state index contributed by atoms with van der Waals surface area (Å²) in [5.74, 6) is 1.73. The molecule has 2 N–H and O–H groups in total. The molecule has 2 rings (SSSR count). The predicted molar refractivity (Wildman–Crippen MR) is 126 cm³/mol. The third kappa shape index (κ3) is 8.37. The van der Waals surface area contributed by atoms with Crippen molar-refractivity contribution in [3.8, 4) is 0 Å². The maximum atomic E-state index is 12.5. The number of hydrogen-bond acceptors (Lipinski definition) is 3. The molecular formula is C20H35IN4OS. The maximum absolute atomic E-state index is 12.5. The summed E-state index contributed by atoms with van der Waals surface area (Å²) in [7, 11) is 0. The maximum Gasteiger partial charge on any atom is 0.224 e. The van der Waals surface area contributed by atoms with E-state index in [1.807, 2.05) is 4.90 Å². The van der Waals surface area contributed by atoms with E-state index in [9.17, 15) is 4.79 Å². The van der Waals surface area contributed by atoms with Crippen molar-refractivity contribution in [1.82, 2.24) is 15.5 Å². The van der Waals surface area contributed by atoms with E-state index in [-0.39, 0.29) is 29.9 Å². The normalized spacial score (nSPS) is 15.1. The van der Waals surface area contributed by atoms with Gasteiger partial charge in [-0.1, -0.05) is 13.8 Å². The lowest BCUT2D eigenvalue weighted by molar-refractivity contribution is -0.131. The Morgan fingerprint density at radius 3 is 2.81 bits per heavy atom. The molecule has 1 aromatic heterocycles. The van der Waals surface area contributed by atoms with Crippen molar-refractivity contribution >= 4 is 47.2 Å². The molecular weight excluding hydrogens is 471 g/mol. The zero-order valence-corrected chi connectivity index (χ0v) is 20.2. The van der Waals surface area contributed by atoms with Crippen molar-refractivity contribution in [2.75, 3.05) is 19.6 Å². The van der Waals surface area contributed by atoms with E-state index in [1.54, 1.807) is 11.3 Å². The van der Waals surface area contributed by atoms with Gasteiger partial charge in [0.15, 0.2) is 5.96 Å². The molecule has 0 spiro atoms. The van der Waals surface area contributed by atoms with Crippen molar-refractivity contribution in [2.45, 2.75) is 66.0 Å². The van der Waals surface area contributed by atoms with Gasteiger partial charge in [0.05, 0.1) is 6.54 Å². The molecule has 7 heteroatoms. The van der Waals surface area contributed by atoms with Crippen LogP contribution in [0.2, 0.25) is 0 Å². The van der Waals surface area contributed by atoms with Crippen LogP contribution in [0.15, 0.2) is 16.4 Å². The number of nitrogens with zero attached hydrogens (tertiary/aromatic N) is 2. The van der Waals surface area contributed by atoms with E-state index in [0.717, 1.165) is 38.4 Å². The van der Waals surface area contributed by atoms with E-state index >= 15 is 0 Å². The van der Waals surface area contributed by atoms with Gasteiger partial charge in [-0.3, -0.25) is 9.79 Å². The first-order valence-corrected chi connectivity index (χ1v) is 10.8. The monoisotopic (exact) mass is 506 g/mol. The molecule has 0 aromatic carbocycles. The van der Waals surface area contributed by atoms with Crippen LogP contribution in [0.1, 0.15) is 57.4 Å². The summed E-state index contributed by atoms with van der Waals surface area (Å²) < 4.78 is 0. The second-order valence-electron chi connectivity index (χ2n) is 7.46. The fraction of sp³-hybridized carbons (Fsp3) is 0.700. The summed E-state index contributed by atoms with van der Waals surface area (Å²) in [6, 6.07) is 2.52. The number of nitrogens with one attached hydrogen (secondary N) is 2. The number of guanidine groups is 1. The smallest absolute Gasteiger partial charge is 0.224 e. The highest BCUT2D eigenvalue weighted by atomic mass is 127. The second-order valence-corrected chi connectivity index (χ2v) is 8.46. The molecule has 154 valence electrons. The molecule has 1 amide bonds. The van der Waals surface area contributed by atoms with Gasteiger partial charge in [-0.05, 0) is 56.0 Å². The number of rotatable bonds is 8. The fourth-order valence-electron chi connectivity index (χ4n) is 3.09. The minimum atomic E-state index is 0. The van der Waals surface area contributed by atoms with Crippen LogP contribution in [-0.2, 0) is 17.8 Å². The van der Waals surface area contributed by atoms with Gasteiger partial charge in [0.25, 0.3) is 0 Å². The van der Waals surface area contributed by atoms with Crippen LogP contribution in [0, 0.1) is 5.92 Å². The van der Waals surface area contributed by atoms with E-state index < -0.39 is 0 Å². The van der Waals surface area contributed by atoms with Crippen LogP contribution in [0.5, 0.6) is 0 Å². The van der Waals surface area contributed by atoms with E-state index in [2.05, 4.69) is 54.8 Å². The van der Waals surface area contributed by atoms with Crippen molar-refractivity contribution < 1.29 is 4.79 Å². The van der Waals surface area contributed by atoms with Crippen LogP contribution < -0.4 is 10.6 Å². The molecule has 1 unspecified atom stereocenters. The minimum absolute atomic E-state index is 0. The van der Waals surface area contributed by atoms with Crippen LogP contribution in [0.25, 0.3) is 0 Å². The summed E-state index contributed by atoms with van der Waals surface area (Å²) >= 11 is 1.80. The topological polar surface area (TPSA) is 56.7 Å². The summed E-state index contributed by atoms with van der Waals surface area (Å²) in [4.78, 5) is 20.5. The Hall–Kier alpha value is -0.830. The largest absolute Gasteiger partial charge is 0.357 e. The van der Waals surface area contributed by atoms with Gasteiger partial charge in [-0.2, -0.15) is 0 Å². The lowest BCUT2D eigenvalue weighted by atomic mass is 10.0. The Morgan fingerprint density at radius 1 is 1.33 bits per heavy atom. The van der Waals surface area contributed by atoms with Crippen LogP contribution in [0.3, 0.4) is 0 Å². The fourth-order valence-corrected chi connectivity index (χ4v) is 3.98. The molecule has 0 saturated carbocycles. The second kappa shape index (κ2) is 12.6. The van der Waals surface area contributed by atoms with Crippen molar-refractivity contribution in [3.63, 3.8) is 0 Å². The molecule has 1 aliphatic heterocycles. The number of halogens is 1. The number of aliphatic imine (C=N–C) groups is 1. The summed E-state index contributed by atoms with van der Waals surface area (Å²) in [5, 5.41) is 8.85. The van der Waals surface area contributed by atoms with Crippen molar-refractivity contribution in [2.24, 2.45) is 10.9 Å². The summed E-state index contributed by atoms with van der Waals surface area (Å²) in [6.07, 6.45) is 3.78. The number of carbonyl (C=O) groups excluding carboxylic acids is 1. The molecule has 0 aliphatic carbocycles. The molecule has 0 bridgehead atoms. The van der Waals surface area contributed by atoms with Gasteiger partial charge in [-0.25, -0.2) is 0 Å². The molecule has 1 aliphatic rings. The third-order valence-corrected chi connectivity index (χ3v) is 5.68. The molecule has 1 aromatic rings. The highest BCUT2D eigenvalue weighted by molar-refractivity contribution is 14.0. The minimum Gasteiger partial charge on any atom is -0.357 e. The first-order chi connectivity index (χ1) is 12.5. The van der Waals surface area contributed by atoms with Gasteiger partial charge < -0.3 is 15.5 Å². The lowest BCUT2D eigenvalue weighted by Crippen LogP contribution is -2.42.